The number of likely N-dealkylation sites (N-methyl/N-ethyl adjacent to an activating group) is 1. The van der Waals surface area contributed by atoms with Crippen molar-refractivity contribution >= 4 is 17.3 Å². The van der Waals surface area contributed by atoms with E-state index < -0.39 is 0 Å². The average Bonchev–Trinajstić information content (AvgIpc) is 2.27. The van der Waals surface area contributed by atoms with Crippen LogP contribution in [-0.2, 0) is 4.79 Å². The van der Waals surface area contributed by atoms with Crippen molar-refractivity contribution in [2.45, 2.75) is 26.8 Å². The standard InChI is InChI=1S/C14H23N3O/c1-10(2)9-17(4)11(3)14(18)16-13-7-5-6-12(15)8-13/h5-8,10-11H,9,15H2,1-4H3,(H,16,18). The summed E-state index contributed by atoms with van der Waals surface area (Å²) in [6, 6.07) is 7.06. The predicted octanol–water partition coefficient (Wildman–Crippen LogP) is 2.18. The molecule has 1 aromatic rings. The molecule has 1 aromatic carbocycles. The van der Waals surface area contributed by atoms with Gasteiger partial charge in [0.1, 0.15) is 0 Å². The number of hydrogen-bond donors (Lipinski definition) is 2. The number of benzene rings is 1. The number of carbonyl (C=O) groups excluding carboxylic acids is 1. The van der Waals surface area contributed by atoms with Crippen LogP contribution < -0.4 is 11.1 Å². The third-order valence-electron chi connectivity index (χ3n) is 2.85. The van der Waals surface area contributed by atoms with Crippen LogP contribution in [0.2, 0.25) is 0 Å². The molecule has 0 spiro atoms. The maximum atomic E-state index is 12.1. The van der Waals surface area contributed by atoms with Crippen LogP contribution in [0.5, 0.6) is 0 Å². The zero-order chi connectivity index (χ0) is 13.7. The third-order valence-corrected chi connectivity index (χ3v) is 2.85. The summed E-state index contributed by atoms with van der Waals surface area (Å²) in [5.74, 6) is 0.529. The lowest BCUT2D eigenvalue weighted by atomic mass is 10.1. The van der Waals surface area contributed by atoms with Gasteiger partial charge in [-0.1, -0.05) is 19.9 Å². The van der Waals surface area contributed by atoms with Gasteiger partial charge in [0.15, 0.2) is 0 Å². The number of nitrogen functional groups attached to an aromatic ring is 1. The molecule has 0 aliphatic heterocycles. The highest BCUT2D eigenvalue weighted by Crippen LogP contribution is 2.13. The first-order valence-corrected chi connectivity index (χ1v) is 6.26. The summed E-state index contributed by atoms with van der Waals surface area (Å²) in [6.45, 7) is 7.08. The Hall–Kier alpha value is -1.55. The van der Waals surface area contributed by atoms with Gasteiger partial charge in [-0.25, -0.2) is 0 Å². The highest BCUT2D eigenvalue weighted by atomic mass is 16.2. The summed E-state index contributed by atoms with van der Waals surface area (Å²) in [5.41, 5.74) is 7.06. The first kappa shape index (κ1) is 14.5. The molecule has 0 aliphatic rings. The SMILES string of the molecule is CC(C)CN(C)C(C)C(=O)Nc1cccc(N)c1. The van der Waals surface area contributed by atoms with Crippen LogP contribution in [0.1, 0.15) is 20.8 Å². The monoisotopic (exact) mass is 249 g/mol. The van der Waals surface area contributed by atoms with Gasteiger partial charge in [-0.2, -0.15) is 0 Å². The summed E-state index contributed by atoms with van der Waals surface area (Å²) in [7, 11) is 1.96. The summed E-state index contributed by atoms with van der Waals surface area (Å²) < 4.78 is 0. The van der Waals surface area contributed by atoms with Crippen LogP contribution in [-0.4, -0.2) is 30.4 Å². The molecule has 0 heterocycles. The summed E-state index contributed by atoms with van der Waals surface area (Å²) in [4.78, 5) is 14.1. The normalized spacial score (nSPS) is 12.8. The molecular weight excluding hydrogens is 226 g/mol. The van der Waals surface area contributed by atoms with Gasteiger partial charge in [-0.15, -0.1) is 0 Å². The molecule has 3 N–H and O–H groups in total. The highest BCUT2D eigenvalue weighted by molar-refractivity contribution is 5.94. The lowest BCUT2D eigenvalue weighted by Crippen LogP contribution is -2.41. The number of amides is 1. The van der Waals surface area contributed by atoms with E-state index in [1.807, 2.05) is 31.0 Å². The number of nitrogens with one attached hydrogen (secondary N) is 1. The Bertz CT molecular complexity index is 404. The molecule has 1 rings (SSSR count). The molecule has 0 bridgehead atoms. The van der Waals surface area contributed by atoms with Gasteiger partial charge in [0.2, 0.25) is 5.91 Å². The molecule has 0 fully saturated rings. The second-order valence-corrected chi connectivity index (χ2v) is 5.12. The van der Waals surface area contributed by atoms with E-state index in [1.54, 1.807) is 12.1 Å². The molecule has 1 unspecified atom stereocenters. The Balaban J connectivity index is 2.59. The van der Waals surface area contributed by atoms with Gasteiger partial charge in [0.05, 0.1) is 6.04 Å². The molecule has 0 aliphatic carbocycles. The Kier molecular flexibility index (Phi) is 5.16. The van der Waals surface area contributed by atoms with Gasteiger partial charge in [-0.05, 0) is 38.1 Å². The number of anilines is 2. The molecule has 18 heavy (non-hydrogen) atoms. The van der Waals surface area contributed by atoms with Gasteiger partial charge < -0.3 is 11.1 Å². The quantitative estimate of drug-likeness (QED) is 0.786. The van der Waals surface area contributed by atoms with E-state index in [1.165, 1.54) is 0 Å². The Morgan fingerprint density at radius 1 is 1.39 bits per heavy atom. The van der Waals surface area contributed by atoms with Crippen LogP contribution in [0, 0.1) is 5.92 Å². The lowest BCUT2D eigenvalue weighted by molar-refractivity contribution is -0.120. The van der Waals surface area contributed by atoms with E-state index in [-0.39, 0.29) is 11.9 Å². The molecule has 100 valence electrons. The predicted molar refractivity (Wildman–Crippen MR) is 76.4 cm³/mol. The van der Waals surface area contributed by atoms with E-state index in [0.717, 1.165) is 12.2 Å². The van der Waals surface area contributed by atoms with E-state index in [9.17, 15) is 4.79 Å². The lowest BCUT2D eigenvalue weighted by Gasteiger charge is -2.25. The van der Waals surface area contributed by atoms with E-state index in [0.29, 0.717) is 11.6 Å². The largest absolute Gasteiger partial charge is 0.399 e. The first-order valence-electron chi connectivity index (χ1n) is 6.26. The molecule has 1 amide bonds. The van der Waals surface area contributed by atoms with Crippen molar-refractivity contribution in [3.63, 3.8) is 0 Å². The number of rotatable bonds is 5. The number of carbonyl (C=O) groups is 1. The molecule has 0 saturated carbocycles. The summed E-state index contributed by atoms with van der Waals surface area (Å²) in [5, 5.41) is 2.88. The zero-order valence-corrected chi connectivity index (χ0v) is 11.6. The Labute approximate surface area is 109 Å². The minimum absolute atomic E-state index is 0.0104. The molecule has 0 saturated heterocycles. The molecule has 1 atom stereocenters. The maximum Gasteiger partial charge on any atom is 0.241 e. The van der Waals surface area contributed by atoms with E-state index in [2.05, 4.69) is 19.2 Å². The van der Waals surface area contributed by atoms with E-state index in [4.69, 9.17) is 5.73 Å². The summed E-state index contributed by atoms with van der Waals surface area (Å²) >= 11 is 0. The maximum absolute atomic E-state index is 12.1. The van der Waals surface area contributed by atoms with Crippen molar-refractivity contribution in [2.24, 2.45) is 5.92 Å². The smallest absolute Gasteiger partial charge is 0.241 e. The van der Waals surface area contributed by atoms with Crippen LogP contribution in [0.15, 0.2) is 24.3 Å². The van der Waals surface area contributed by atoms with Gasteiger partial charge in [-0.3, -0.25) is 9.69 Å². The zero-order valence-electron chi connectivity index (χ0n) is 11.6. The second kappa shape index (κ2) is 6.40. The van der Waals surface area contributed by atoms with Crippen LogP contribution >= 0.6 is 0 Å². The van der Waals surface area contributed by atoms with Gasteiger partial charge in [0.25, 0.3) is 0 Å². The van der Waals surface area contributed by atoms with Crippen LogP contribution in [0.25, 0.3) is 0 Å². The second-order valence-electron chi connectivity index (χ2n) is 5.12. The van der Waals surface area contributed by atoms with E-state index >= 15 is 0 Å². The fourth-order valence-corrected chi connectivity index (χ4v) is 1.80. The molecule has 0 aromatic heterocycles. The molecular formula is C14H23N3O. The minimum Gasteiger partial charge on any atom is -0.399 e. The topological polar surface area (TPSA) is 58.4 Å². The van der Waals surface area contributed by atoms with Gasteiger partial charge in [0, 0.05) is 17.9 Å². The van der Waals surface area contributed by atoms with Crippen molar-refractivity contribution in [2.75, 3.05) is 24.6 Å². The molecule has 4 nitrogen and oxygen atoms in total. The fourth-order valence-electron chi connectivity index (χ4n) is 1.80. The number of nitrogens with two attached hydrogens (primary N) is 1. The molecule has 0 radical (unpaired) electrons. The Morgan fingerprint density at radius 3 is 2.61 bits per heavy atom. The fraction of sp³-hybridized carbons (Fsp3) is 0.500. The summed E-state index contributed by atoms with van der Waals surface area (Å²) in [6.07, 6.45) is 0. The van der Waals surface area contributed by atoms with Crippen molar-refractivity contribution in [3.8, 4) is 0 Å². The Morgan fingerprint density at radius 2 is 2.06 bits per heavy atom. The number of hydrogen-bond acceptors (Lipinski definition) is 3. The van der Waals surface area contributed by atoms with Gasteiger partial charge >= 0.3 is 0 Å². The van der Waals surface area contributed by atoms with Crippen LogP contribution in [0.4, 0.5) is 11.4 Å². The highest BCUT2D eigenvalue weighted by Gasteiger charge is 2.18. The van der Waals surface area contributed by atoms with Crippen molar-refractivity contribution in [1.29, 1.82) is 0 Å². The van der Waals surface area contributed by atoms with Crippen molar-refractivity contribution < 1.29 is 4.79 Å². The van der Waals surface area contributed by atoms with Crippen LogP contribution in [0.3, 0.4) is 0 Å². The minimum atomic E-state index is -0.158. The van der Waals surface area contributed by atoms with Crippen molar-refractivity contribution in [3.05, 3.63) is 24.3 Å². The number of nitrogens with zero attached hydrogens (tertiary/aromatic N) is 1. The average molecular weight is 249 g/mol. The first-order chi connectivity index (χ1) is 8.40. The molecule has 4 heteroatoms. The van der Waals surface area contributed by atoms with Crippen molar-refractivity contribution in [1.82, 2.24) is 4.90 Å². The third kappa shape index (κ3) is 4.37.